The lowest BCUT2D eigenvalue weighted by molar-refractivity contribution is -0.161. The van der Waals surface area contributed by atoms with Crippen LogP contribution in [0.1, 0.15) is 23.5 Å². The molecular formula is C22H20O7. The van der Waals surface area contributed by atoms with E-state index in [0.29, 0.717) is 11.1 Å². The largest absolute Gasteiger partial charge is 0.466 e. The fourth-order valence-electron chi connectivity index (χ4n) is 2.46. The predicted molar refractivity (Wildman–Crippen MR) is 103 cm³/mol. The lowest BCUT2D eigenvalue weighted by Crippen LogP contribution is -2.22. The minimum absolute atomic E-state index is 0.294. The summed E-state index contributed by atoms with van der Waals surface area (Å²) in [5, 5.41) is 0. The summed E-state index contributed by atoms with van der Waals surface area (Å²) in [5.74, 6) is -3.83. The molecule has 0 amide bonds. The van der Waals surface area contributed by atoms with Crippen LogP contribution in [0.15, 0.2) is 72.8 Å². The van der Waals surface area contributed by atoms with Gasteiger partial charge in [0.1, 0.15) is 12.5 Å². The molecule has 0 saturated carbocycles. The summed E-state index contributed by atoms with van der Waals surface area (Å²) in [6.07, 6.45) is 1.47. The summed E-state index contributed by atoms with van der Waals surface area (Å²) in [7, 11) is 1.17. The van der Waals surface area contributed by atoms with E-state index in [1.165, 1.54) is 7.11 Å². The summed E-state index contributed by atoms with van der Waals surface area (Å²) in [6.45, 7) is -0.294. The van der Waals surface area contributed by atoms with E-state index in [4.69, 9.17) is 9.47 Å². The molecule has 0 fully saturated rings. The van der Waals surface area contributed by atoms with E-state index in [1.807, 2.05) is 12.1 Å². The first-order chi connectivity index (χ1) is 14.0. The highest BCUT2D eigenvalue weighted by molar-refractivity contribution is 5.92. The molecule has 29 heavy (non-hydrogen) atoms. The molecule has 0 aliphatic rings. The van der Waals surface area contributed by atoms with Gasteiger partial charge in [0.2, 0.25) is 0 Å². The Morgan fingerprint density at radius 2 is 1.34 bits per heavy atom. The van der Waals surface area contributed by atoms with E-state index in [2.05, 4.69) is 4.74 Å². The second kappa shape index (κ2) is 11.2. The molecule has 0 radical (unpaired) electrons. The van der Waals surface area contributed by atoms with Crippen molar-refractivity contribution in [2.75, 3.05) is 13.7 Å². The van der Waals surface area contributed by atoms with Crippen molar-refractivity contribution in [1.82, 2.24) is 0 Å². The number of hydrogen-bond donors (Lipinski definition) is 0. The third kappa shape index (κ3) is 7.06. The van der Waals surface area contributed by atoms with E-state index in [9.17, 15) is 19.2 Å². The molecule has 0 aromatic heterocycles. The SMILES string of the molecule is COC(=O)/C=C\C(=O)OCCC(=O)OC(=O)C(c1ccccc1)c1ccccc1. The van der Waals surface area contributed by atoms with Gasteiger partial charge in [0.25, 0.3) is 0 Å². The molecule has 0 unspecified atom stereocenters. The third-order valence-electron chi connectivity index (χ3n) is 3.82. The van der Waals surface area contributed by atoms with E-state index >= 15 is 0 Å². The number of hydrogen-bond acceptors (Lipinski definition) is 7. The van der Waals surface area contributed by atoms with Crippen LogP contribution in [-0.4, -0.2) is 37.6 Å². The van der Waals surface area contributed by atoms with Crippen molar-refractivity contribution >= 4 is 23.9 Å². The zero-order chi connectivity index (χ0) is 21.1. The Kier molecular flexibility index (Phi) is 8.31. The van der Waals surface area contributed by atoms with Gasteiger partial charge in [-0.15, -0.1) is 0 Å². The van der Waals surface area contributed by atoms with Crippen LogP contribution in [0.3, 0.4) is 0 Å². The van der Waals surface area contributed by atoms with Crippen LogP contribution >= 0.6 is 0 Å². The quantitative estimate of drug-likeness (QED) is 0.293. The normalized spacial score (nSPS) is 10.6. The number of esters is 4. The van der Waals surface area contributed by atoms with Crippen LogP contribution < -0.4 is 0 Å². The molecule has 0 aliphatic heterocycles. The fourth-order valence-corrected chi connectivity index (χ4v) is 2.46. The van der Waals surface area contributed by atoms with Gasteiger partial charge < -0.3 is 14.2 Å². The minimum Gasteiger partial charge on any atom is -0.466 e. The van der Waals surface area contributed by atoms with Crippen LogP contribution in [0.2, 0.25) is 0 Å². The maximum Gasteiger partial charge on any atom is 0.331 e. The second-order valence-corrected chi connectivity index (χ2v) is 5.82. The monoisotopic (exact) mass is 396 g/mol. The maximum absolute atomic E-state index is 12.6. The molecule has 0 aliphatic carbocycles. The van der Waals surface area contributed by atoms with Gasteiger partial charge in [0.15, 0.2) is 0 Å². The summed E-state index contributed by atoms with van der Waals surface area (Å²) in [4.78, 5) is 46.9. The van der Waals surface area contributed by atoms with Gasteiger partial charge in [-0.05, 0) is 11.1 Å². The number of ether oxygens (including phenoxy) is 3. The van der Waals surface area contributed by atoms with Crippen molar-refractivity contribution in [1.29, 1.82) is 0 Å². The molecule has 0 atom stereocenters. The van der Waals surface area contributed by atoms with E-state index in [1.54, 1.807) is 48.5 Å². The van der Waals surface area contributed by atoms with E-state index in [-0.39, 0.29) is 13.0 Å². The molecule has 2 aromatic carbocycles. The van der Waals surface area contributed by atoms with E-state index in [0.717, 1.165) is 12.2 Å². The first-order valence-corrected chi connectivity index (χ1v) is 8.78. The fraction of sp³-hybridized carbons (Fsp3) is 0.182. The van der Waals surface area contributed by atoms with E-state index < -0.39 is 29.8 Å². The van der Waals surface area contributed by atoms with Crippen LogP contribution in [0.25, 0.3) is 0 Å². The Morgan fingerprint density at radius 3 is 1.86 bits per heavy atom. The average molecular weight is 396 g/mol. The molecule has 0 spiro atoms. The average Bonchev–Trinajstić information content (AvgIpc) is 2.73. The summed E-state index contributed by atoms with van der Waals surface area (Å²) in [5.41, 5.74) is 1.38. The third-order valence-corrected chi connectivity index (χ3v) is 3.82. The van der Waals surface area contributed by atoms with Crippen LogP contribution in [0, 0.1) is 0 Å². The molecule has 0 bridgehead atoms. The van der Waals surface area contributed by atoms with Crippen molar-refractivity contribution in [3.05, 3.63) is 83.9 Å². The Hall–Kier alpha value is -3.74. The molecular weight excluding hydrogens is 376 g/mol. The summed E-state index contributed by atoms with van der Waals surface area (Å²) in [6, 6.07) is 17.9. The molecule has 0 heterocycles. The highest BCUT2D eigenvalue weighted by atomic mass is 16.6. The Labute approximate surface area is 167 Å². The summed E-state index contributed by atoms with van der Waals surface area (Å²) >= 11 is 0. The Balaban J connectivity index is 1.94. The Morgan fingerprint density at radius 1 is 0.828 bits per heavy atom. The van der Waals surface area contributed by atoms with Crippen LogP contribution in [0.4, 0.5) is 0 Å². The number of methoxy groups -OCH3 is 1. The first-order valence-electron chi connectivity index (χ1n) is 8.78. The van der Waals surface area contributed by atoms with Crippen molar-refractivity contribution in [2.24, 2.45) is 0 Å². The lowest BCUT2D eigenvalue weighted by atomic mass is 9.91. The van der Waals surface area contributed by atoms with Gasteiger partial charge in [-0.1, -0.05) is 60.7 Å². The van der Waals surface area contributed by atoms with Gasteiger partial charge in [-0.2, -0.15) is 0 Å². The second-order valence-electron chi connectivity index (χ2n) is 5.82. The highest BCUT2D eigenvalue weighted by Crippen LogP contribution is 2.26. The van der Waals surface area contributed by atoms with Gasteiger partial charge >= 0.3 is 23.9 Å². The highest BCUT2D eigenvalue weighted by Gasteiger charge is 2.26. The molecule has 2 aromatic rings. The van der Waals surface area contributed by atoms with Gasteiger partial charge in [0, 0.05) is 12.2 Å². The topological polar surface area (TPSA) is 96.0 Å². The zero-order valence-corrected chi connectivity index (χ0v) is 15.8. The first kappa shape index (κ1) is 21.6. The summed E-state index contributed by atoms with van der Waals surface area (Å²) < 4.78 is 14.1. The maximum atomic E-state index is 12.6. The number of carbonyl (C=O) groups excluding carboxylic acids is 4. The smallest absolute Gasteiger partial charge is 0.331 e. The van der Waals surface area contributed by atoms with Crippen molar-refractivity contribution < 1.29 is 33.4 Å². The van der Waals surface area contributed by atoms with Gasteiger partial charge in [0.05, 0.1) is 13.5 Å². The van der Waals surface area contributed by atoms with Crippen LogP contribution in [-0.2, 0) is 33.4 Å². The van der Waals surface area contributed by atoms with Crippen molar-refractivity contribution in [2.45, 2.75) is 12.3 Å². The van der Waals surface area contributed by atoms with Gasteiger partial charge in [-0.3, -0.25) is 9.59 Å². The molecule has 0 saturated heterocycles. The molecule has 150 valence electrons. The minimum atomic E-state index is -0.823. The molecule has 2 rings (SSSR count). The molecule has 7 nitrogen and oxygen atoms in total. The molecule has 7 heteroatoms. The lowest BCUT2D eigenvalue weighted by Gasteiger charge is -2.16. The molecule has 0 N–H and O–H groups in total. The van der Waals surface area contributed by atoms with Crippen LogP contribution in [0.5, 0.6) is 0 Å². The predicted octanol–water partition coefficient (Wildman–Crippen LogP) is 2.55. The van der Waals surface area contributed by atoms with Gasteiger partial charge in [-0.25, -0.2) is 9.59 Å². The number of carbonyl (C=O) groups is 4. The number of benzene rings is 2. The Bertz CT molecular complexity index is 833. The van der Waals surface area contributed by atoms with Crippen molar-refractivity contribution in [3.63, 3.8) is 0 Å². The standard InChI is InChI=1S/C22H20O7/c1-27-18(23)12-13-19(24)28-15-14-20(25)29-22(26)21(16-8-4-2-5-9-16)17-10-6-3-7-11-17/h2-13,21H,14-15H2,1H3/b13-12-. The number of rotatable bonds is 8. The zero-order valence-electron chi connectivity index (χ0n) is 15.8. The van der Waals surface area contributed by atoms with Crippen molar-refractivity contribution in [3.8, 4) is 0 Å².